The molecule has 0 amide bonds. The van der Waals surface area contributed by atoms with Gasteiger partial charge in [-0.3, -0.25) is 4.79 Å². The van der Waals surface area contributed by atoms with Gasteiger partial charge in [0.15, 0.2) is 5.78 Å². The fourth-order valence-electron chi connectivity index (χ4n) is 1.50. The van der Waals surface area contributed by atoms with Crippen molar-refractivity contribution in [3.63, 3.8) is 0 Å². The summed E-state index contributed by atoms with van der Waals surface area (Å²) < 4.78 is 0. The van der Waals surface area contributed by atoms with Crippen molar-refractivity contribution in [3.05, 3.63) is 34.9 Å². The summed E-state index contributed by atoms with van der Waals surface area (Å²) in [5, 5.41) is 0.577. The van der Waals surface area contributed by atoms with Crippen molar-refractivity contribution in [2.24, 2.45) is 11.7 Å². The summed E-state index contributed by atoms with van der Waals surface area (Å²) in [6.07, 6.45) is 0.764. The Morgan fingerprint density at radius 3 is 2.69 bits per heavy atom. The second-order valence-corrected chi connectivity index (χ2v) is 4.89. The molecule has 0 spiro atoms. The lowest BCUT2D eigenvalue weighted by Crippen LogP contribution is -2.45. The first-order valence-electron chi connectivity index (χ1n) is 5.47. The summed E-state index contributed by atoms with van der Waals surface area (Å²) in [6.45, 7) is 5.76. The fourth-order valence-corrected chi connectivity index (χ4v) is 1.69. The predicted molar refractivity (Wildman–Crippen MR) is 67.8 cm³/mol. The first-order chi connectivity index (χ1) is 7.38. The molecule has 1 aromatic carbocycles. The third kappa shape index (κ3) is 2.83. The number of ketones is 1. The molecule has 3 heteroatoms. The maximum Gasteiger partial charge on any atom is 0.167 e. The zero-order chi connectivity index (χ0) is 12.3. The third-order valence-electron chi connectivity index (χ3n) is 3.25. The molecule has 1 aromatic rings. The Morgan fingerprint density at radius 1 is 1.56 bits per heavy atom. The molecule has 0 saturated heterocycles. The van der Waals surface area contributed by atoms with E-state index in [1.807, 2.05) is 20.8 Å². The molecule has 2 N–H and O–H groups in total. The van der Waals surface area contributed by atoms with Gasteiger partial charge >= 0.3 is 0 Å². The molecule has 2 nitrogen and oxygen atoms in total. The van der Waals surface area contributed by atoms with Gasteiger partial charge < -0.3 is 5.73 Å². The molecule has 2 unspecified atom stereocenters. The summed E-state index contributed by atoms with van der Waals surface area (Å²) in [7, 11) is 0. The number of nitrogens with two attached hydrogens (primary N) is 1. The Kier molecular flexibility index (Phi) is 4.11. The molecule has 0 aliphatic rings. The number of hydrogen-bond acceptors (Lipinski definition) is 2. The first kappa shape index (κ1) is 13.2. The first-order valence-corrected chi connectivity index (χ1v) is 5.85. The Balaban J connectivity index is 2.95. The van der Waals surface area contributed by atoms with E-state index in [0.717, 1.165) is 6.42 Å². The van der Waals surface area contributed by atoms with Crippen LogP contribution in [0.4, 0.5) is 0 Å². The molecule has 0 aromatic heterocycles. The third-order valence-corrected chi connectivity index (χ3v) is 3.49. The van der Waals surface area contributed by atoms with Crippen LogP contribution in [0.15, 0.2) is 24.3 Å². The molecule has 0 fully saturated rings. The molecule has 0 heterocycles. The van der Waals surface area contributed by atoms with E-state index in [-0.39, 0.29) is 11.7 Å². The standard InChI is InChI=1S/C13H18ClNO/c1-4-13(3,15)9(2)12(16)10-6-5-7-11(14)8-10/h5-9H,4,15H2,1-3H3. The van der Waals surface area contributed by atoms with Crippen LogP contribution in [0.25, 0.3) is 0 Å². The number of Topliss-reactive ketones (excluding diaryl/α,β-unsaturated/α-hetero) is 1. The number of carbonyl (C=O) groups excluding carboxylic acids is 1. The highest BCUT2D eigenvalue weighted by molar-refractivity contribution is 6.31. The minimum absolute atomic E-state index is 0.0503. The van der Waals surface area contributed by atoms with Crippen LogP contribution in [-0.4, -0.2) is 11.3 Å². The highest BCUT2D eigenvalue weighted by Crippen LogP contribution is 2.23. The quantitative estimate of drug-likeness (QED) is 0.820. The number of benzene rings is 1. The van der Waals surface area contributed by atoms with E-state index in [1.54, 1.807) is 24.3 Å². The highest BCUT2D eigenvalue weighted by Gasteiger charge is 2.30. The summed E-state index contributed by atoms with van der Waals surface area (Å²) in [4.78, 5) is 12.2. The zero-order valence-electron chi connectivity index (χ0n) is 9.96. The van der Waals surface area contributed by atoms with E-state index >= 15 is 0 Å². The van der Waals surface area contributed by atoms with Crippen molar-refractivity contribution in [2.45, 2.75) is 32.7 Å². The number of halogens is 1. The topological polar surface area (TPSA) is 43.1 Å². The van der Waals surface area contributed by atoms with Crippen LogP contribution >= 0.6 is 11.6 Å². The van der Waals surface area contributed by atoms with Gasteiger partial charge in [-0.15, -0.1) is 0 Å². The van der Waals surface area contributed by atoms with E-state index in [1.165, 1.54) is 0 Å². The summed E-state index contributed by atoms with van der Waals surface area (Å²) in [5.41, 5.74) is 6.24. The van der Waals surface area contributed by atoms with Gasteiger partial charge in [0.2, 0.25) is 0 Å². The smallest absolute Gasteiger partial charge is 0.167 e. The molecule has 0 radical (unpaired) electrons. The van der Waals surface area contributed by atoms with E-state index in [4.69, 9.17) is 17.3 Å². The SMILES string of the molecule is CCC(C)(N)C(C)C(=O)c1cccc(Cl)c1. The molecule has 0 aliphatic heterocycles. The molecular weight excluding hydrogens is 222 g/mol. The van der Waals surface area contributed by atoms with Crippen molar-refractivity contribution >= 4 is 17.4 Å². The van der Waals surface area contributed by atoms with Gasteiger partial charge in [0.25, 0.3) is 0 Å². The van der Waals surface area contributed by atoms with Crippen molar-refractivity contribution in [1.82, 2.24) is 0 Å². The van der Waals surface area contributed by atoms with E-state index in [9.17, 15) is 4.79 Å². The highest BCUT2D eigenvalue weighted by atomic mass is 35.5. The number of carbonyl (C=O) groups is 1. The van der Waals surface area contributed by atoms with E-state index in [0.29, 0.717) is 10.6 Å². The van der Waals surface area contributed by atoms with Gasteiger partial charge in [0.05, 0.1) is 0 Å². The van der Waals surface area contributed by atoms with Crippen LogP contribution < -0.4 is 5.73 Å². The van der Waals surface area contributed by atoms with Crippen LogP contribution in [0.2, 0.25) is 5.02 Å². The number of hydrogen-bond donors (Lipinski definition) is 1. The van der Waals surface area contributed by atoms with Crippen molar-refractivity contribution in [3.8, 4) is 0 Å². The summed E-state index contributed by atoms with van der Waals surface area (Å²) in [5.74, 6) is -0.162. The van der Waals surface area contributed by atoms with Gasteiger partial charge in [-0.05, 0) is 25.5 Å². The van der Waals surface area contributed by atoms with Crippen LogP contribution in [0, 0.1) is 5.92 Å². The van der Waals surface area contributed by atoms with Crippen molar-refractivity contribution in [2.75, 3.05) is 0 Å². The summed E-state index contributed by atoms with van der Waals surface area (Å²) >= 11 is 5.86. The lowest BCUT2D eigenvalue weighted by molar-refractivity contribution is 0.0872. The minimum atomic E-state index is -0.473. The monoisotopic (exact) mass is 239 g/mol. The van der Waals surface area contributed by atoms with Crippen molar-refractivity contribution < 1.29 is 4.79 Å². The second-order valence-electron chi connectivity index (χ2n) is 4.46. The Bertz CT molecular complexity index is 387. The van der Waals surface area contributed by atoms with Gasteiger partial charge in [-0.2, -0.15) is 0 Å². The van der Waals surface area contributed by atoms with Crippen molar-refractivity contribution in [1.29, 1.82) is 0 Å². The van der Waals surface area contributed by atoms with Gasteiger partial charge in [-0.25, -0.2) is 0 Å². The van der Waals surface area contributed by atoms with Crippen LogP contribution in [0.1, 0.15) is 37.6 Å². The molecular formula is C13H18ClNO. The normalized spacial score (nSPS) is 16.6. The van der Waals surface area contributed by atoms with Gasteiger partial charge in [-0.1, -0.05) is 37.6 Å². The fraction of sp³-hybridized carbons (Fsp3) is 0.462. The molecule has 0 bridgehead atoms. The van der Waals surface area contributed by atoms with E-state index in [2.05, 4.69) is 0 Å². The van der Waals surface area contributed by atoms with Gasteiger partial charge in [0.1, 0.15) is 0 Å². The summed E-state index contributed by atoms with van der Waals surface area (Å²) in [6, 6.07) is 7.00. The molecule has 1 rings (SSSR count). The Labute approximate surface area is 102 Å². The Morgan fingerprint density at radius 2 is 2.19 bits per heavy atom. The average Bonchev–Trinajstić information content (AvgIpc) is 2.27. The lowest BCUT2D eigenvalue weighted by atomic mass is 9.81. The maximum atomic E-state index is 12.2. The lowest BCUT2D eigenvalue weighted by Gasteiger charge is -2.29. The minimum Gasteiger partial charge on any atom is -0.325 e. The van der Waals surface area contributed by atoms with E-state index < -0.39 is 5.54 Å². The predicted octanol–water partition coefficient (Wildman–Crippen LogP) is 3.29. The van der Waals surface area contributed by atoms with Crippen LogP contribution in [0.5, 0.6) is 0 Å². The largest absolute Gasteiger partial charge is 0.325 e. The van der Waals surface area contributed by atoms with Crippen LogP contribution in [-0.2, 0) is 0 Å². The molecule has 0 saturated carbocycles. The molecule has 88 valence electrons. The van der Waals surface area contributed by atoms with Crippen LogP contribution in [0.3, 0.4) is 0 Å². The average molecular weight is 240 g/mol. The zero-order valence-corrected chi connectivity index (χ0v) is 10.7. The Hall–Kier alpha value is -0.860. The molecule has 0 aliphatic carbocycles. The maximum absolute atomic E-state index is 12.2. The number of rotatable bonds is 4. The molecule has 2 atom stereocenters. The second kappa shape index (κ2) is 4.98. The van der Waals surface area contributed by atoms with Gasteiger partial charge in [0, 0.05) is 22.0 Å². The molecule has 16 heavy (non-hydrogen) atoms.